The Morgan fingerprint density at radius 3 is 2.61 bits per heavy atom. The van der Waals surface area contributed by atoms with Crippen molar-refractivity contribution in [2.45, 2.75) is 58.4 Å². The van der Waals surface area contributed by atoms with Crippen molar-refractivity contribution in [2.24, 2.45) is 0 Å². The third-order valence-electron chi connectivity index (χ3n) is 8.63. The van der Waals surface area contributed by atoms with E-state index >= 15 is 0 Å². The number of ether oxygens (including phenoxy) is 1. The highest BCUT2D eigenvalue weighted by Gasteiger charge is 2.34. The second-order valence-electron chi connectivity index (χ2n) is 12.0. The number of fused-ring (bicyclic) bond motifs is 1. The van der Waals surface area contributed by atoms with Crippen LogP contribution in [0.15, 0.2) is 54.0 Å². The lowest BCUT2D eigenvalue weighted by molar-refractivity contribution is -0.126. The summed E-state index contributed by atoms with van der Waals surface area (Å²) in [6, 6.07) is 8.66. The predicted octanol–water partition coefficient (Wildman–Crippen LogP) is 5.52. The number of carbonyl (C=O) groups excluding carboxylic acids is 1. The fourth-order valence-corrected chi connectivity index (χ4v) is 6.28. The first-order chi connectivity index (χ1) is 21.1. The Hall–Kier alpha value is -4.60. The zero-order chi connectivity index (χ0) is 31.3. The second kappa shape index (κ2) is 11.5. The summed E-state index contributed by atoms with van der Waals surface area (Å²) in [5.41, 5.74) is 4.29. The maximum absolute atomic E-state index is 15.0. The van der Waals surface area contributed by atoms with E-state index in [9.17, 15) is 14.0 Å². The number of hydrogen-bond acceptors (Lipinski definition) is 7. The van der Waals surface area contributed by atoms with Crippen LogP contribution in [0.2, 0.25) is 0 Å². The molecule has 1 amide bonds. The number of amides is 1. The molecule has 1 atom stereocenters. The van der Waals surface area contributed by atoms with Crippen LogP contribution in [0.4, 0.5) is 10.2 Å². The number of anilines is 1. The Bertz CT molecular complexity index is 1850. The summed E-state index contributed by atoms with van der Waals surface area (Å²) in [6.45, 7) is 13.1. The van der Waals surface area contributed by atoms with Crippen LogP contribution < -0.4 is 15.3 Å². The van der Waals surface area contributed by atoms with E-state index in [4.69, 9.17) is 14.7 Å². The number of carbonyl (C=O) groups is 1. The van der Waals surface area contributed by atoms with Crippen molar-refractivity contribution in [3.05, 3.63) is 82.3 Å². The lowest BCUT2D eigenvalue weighted by Crippen LogP contribution is -2.54. The lowest BCUT2D eigenvalue weighted by atomic mass is 9.99. The minimum atomic E-state index is -0.480. The summed E-state index contributed by atoms with van der Waals surface area (Å²) in [5.74, 6) is 0.307. The molecule has 10 heteroatoms. The number of halogens is 1. The van der Waals surface area contributed by atoms with Crippen molar-refractivity contribution in [1.82, 2.24) is 24.4 Å². The average molecular weight is 597 g/mol. The zero-order valence-corrected chi connectivity index (χ0v) is 25.8. The van der Waals surface area contributed by atoms with Gasteiger partial charge < -0.3 is 14.5 Å². The minimum absolute atomic E-state index is 0.0237. The van der Waals surface area contributed by atoms with E-state index in [1.165, 1.54) is 19.3 Å². The van der Waals surface area contributed by atoms with E-state index in [-0.39, 0.29) is 29.5 Å². The number of hydrogen-bond donors (Lipinski definition) is 0. The van der Waals surface area contributed by atoms with Gasteiger partial charge in [0.05, 0.1) is 29.6 Å². The summed E-state index contributed by atoms with van der Waals surface area (Å²) in [7, 11) is 1.45. The largest absolute Gasteiger partial charge is 0.493 e. The smallest absolute Gasteiger partial charge is 0.355 e. The molecule has 2 aliphatic rings. The highest BCUT2D eigenvalue weighted by Crippen LogP contribution is 2.47. The first kappa shape index (κ1) is 29.5. The second-order valence-corrected chi connectivity index (χ2v) is 12.0. The topological polar surface area (TPSA) is 93.5 Å². The Balaban J connectivity index is 1.68. The fraction of sp³-hybridized carbons (Fsp3) is 0.382. The van der Waals surface area contributed by atoms with E-state index in [0.717, 1.165) is 35.0 Å². The quantitative estimate of drug-likeness (QED) is 0.259. The zero-order valence-electron chi connectivity index (χ0n) is 25.8. The lowest BCUT2D eigenvalue weighted by Gasteiger charge is -2.40. The minimum Gasteiger partial charge on any atom is -0.493 e. The number of aromatic nitrogens is 4. The van der Waals surface area contributed by atoms with Crippen molar-refractivity contribution in [3.8, 4) is 22.7 Å². The van der Waals surface area contributed by atoms with Crippen molar-refractivity contribution < 1.29 is 13.9 Å². The molecule has 228 valence electrons. The molecule has 44 heavy (non-hydrogen) atoms. The van der Waals surface area contributed by atoms with Gasteiger partial charge in [0.25, 0.3) is 0 Å². The normalized spacial score (nSPS) is 16.9. The SMILES string of the molecule is C=CC(=O)N1CCN(c2nc(=O)n(-c3c(C)ccnc3C(C)C)c3nc(-c4cccc(F)c4OC)c(C4CC4)cc23)[C@@H](C)C1. The van der Waals surface area contributed by atoms with Gasteiger partial charge in [-0.15, -0.1) is 0 Å². The molecule has 0 unspecified atom stereocenters. The number of aryl methyl sites for hydroxylation is 1. The number of pyridine rings is 2. The number of rotatable bonds is 7. The summed E-state index contributed by atoms with van der Waals surface area (Å²) >= 11 is 0. The van der Waals surface area contributed by atoms with Crippen molar-refractivity contribution in [1.29, 1.82) is 0 Å². The summed E-state index contributed by atoms with van der Waals surface area (Å²) < 4.78 is 22.1. The molecule has 0 N–H and O–H groups in total. The molecule has 4 heterocycles. The van der Waals surface area contributed by atoms with Gasteiger partial charge in [0.1, 0.15) is 5.82 Å². The first-order valence-electron chi connectivity index (χ1n) is 15.1. The highest BCUT2D eigenvalue weighted by molar-refractivity contribution is 5.93. The van der Waals surface area contributed by atoms with Crippen LogP contribution in [-0.4, -0.2) is 63.1 Å². The molecule has 3 aromatic heterocycles. The summed E-state index contributed by atoms with van der Waals surface area (Å²) in [4.78, 5) is 45.0. The Labute approximate surface area is 256 Å². The Kier molecular flexibility index (Phi) is 7.69. The number of benzene rings is 1. The average Bonchev–Trinajstić information content (AvgIpc) is 3.85. The van der Waals surface area contributed by atoms with E-state index in [1.54, 1.807) is 27.8 Å². The van der Waals surface area contributed by atoms with Gasteiger partial charge in [-0.2, -0.15) is 4.98 Å². The standard InChI is InChI=1S/C34H37FN6O3/c1-7-27(42)39-15-16-40(21(5)18-39)32-25-17-24(22-11-12-22)29(23-9-8-10-26(35)31(23)44-6)37-33(25)41(34(43)38-32)30-20(4)13-14-36-28(30)19(2)3/h7-10,13-14,17,19,21-22H,1,11-12,15-16,18H2,2-6H3/t21-/m0/s1. The van der Waals surface area contributed by atoms with Gasteiger partial charge in [0, 0.05) is 37.4 Å². The van der Waals surface area contributed by atoms with Crippen molar-refractivity contribution in [3.63, 3.8) is 0 Å². The Morgan fingerprint density at radius 2 is 1.95 bits per heavy atom. The molecule has 4 aromatic rings. The predicted molar refractivity (Wildman–Crippen MR) is 169 cm³/mol. The van der Waals surface area contributed by atoms with Crippen LogP contribution >= 0.6 is 0 Å². The molecule has 1 aliphatic carbocycles. The van der Waals surface area contributed by atoms with Gasteiger partial charge >= 0.3 is 5.69 Å². The van der Waals surface area contributed by atoms with E-state index in [1.807, 2.05) is 33.8 Å². The van der Waals surface area contributed by atoms with Gasteiger partial charge in [-0.1, -0.05) is 26.5 Å². The molecular formula is C34H37FN6O3. The van der Waals surface area contributed by atoms with Crippen LogP contribution in [0, 0.1) is 12.7 Å². The van der Waals surface area contributed by atoms with Crippen LogP contribution in [0.25, 0.3) is 28.0 Å². The van der Waals surface area contributed by atoms with Crippen molar-refractivity contribution >= 4 is 22.8 Å². The van der Waals surface area contributed by atoms with Crippen LogP contribution in [0.3, 0.4) is 0 Å². The molecule has 0 bridgehead atoms. The molecule has 1 aliphatic heterocycles. The summed E-state index contributed by atoms with van der Waals surface area (Å²) in [5, 5.41) is 0.721. The maximum atomic E-state index is 15.0. The number of methoxy groups -OCH3 is 1. The molecule has 1 saturated carbocycles. The first-order valence-corrected chi connectivity index (χ1v) is 15.1. The monoisotopic (exact) mass is 596 g/mol. The molecule has 1 saturated heterocycles. The van der Waals surface area contributed by atoms with Gasteiger partial charge in [0.15, 0.2) is 17.2 Å². The van der Waals surface area contributed by atoms with Gasteiger partial charge in [-0.05, 0) is 80.0 Å². The van der Waals surface area contributed by atoms with E-state index < -0.39 is 11.5 Å². The van der Waals surface area contributed by atoms with E-state index in [0.29, 0.717) is 48.0 Å². The molecule has 1 aromatic carbocycles. The molecule has 2 fully saturated rings. The molecule has 9 nitrogen and oxygen atoms in total. The van der Waals surface area contributed by atoms with Crippen LogP contribution in [-0.2, 0) is 4.79 Å². The Morgan fingerprint density at radius 1 is 1.18 bits per heavy atom. The number of para-hydroxylation sites is 1. The molecule has 0 spiro atoms. The maximum Gasteiger partial charge on any atom is 0.355 e. The number of nitrogens with zero attached hydrogens (tertiary/aromatic N) is 6. The van der Waals surface area contributed by atoms with E-state index in [2.05, 4.69) is 22.5 Å². The number of piperazine rings is 1. The van der Waals surface area contributed by atoms with Crippen LogP contribution in [0.5, 0.6) is 5.75 Å². The highest BCUT2D eigenvalue weighted by atomic mass is 19.1. The molecular weight excluding hydrogens is 559 g/mol. The fourth-order valence-electron chi connectivity index (χ4n) is 6.28. The van der Waals surface area contributed by atoms with Crippen molar-refractivity contribution in [2.75, 3.05) is 31.6 Å². The third kappa shape index (κ3) is 5.02. The summed E-state index contributed by atoms with van der Waals surface area (Å²) in [6.07, 6.45) is 5.04. The molecule has 0 radical (unpaired) electrons. The van der Waals surface area contributed by atoms with Gasteiger partial charge in [-0.3, -0.25) is 9.78 Å². The third-order valence-corrected chi connectivity index (χ3v) is 8.63. The van der Waals surface area contributed by atoms with Gasteiger partial charge in [0.2, 0.25) is 5.91 Å². The van der Waals surface area contributed by atoms with Crippen LogP contribution in [0.1, 0.15) is 62.3 Å². The van der Waals surface area contributed by atoms with Gasteiger partial charge in [-0.25, -0.2) is 18.7 Å². The molecule has 6 rings (SSSR count).